The summed E-state index contributed by atoms with van der Waals surface area (Å²) < 4.78 is 0. The number of likely N-dealkylation sites (tertiary alicyclic amines) is 1. The van der Waals surface area contributed by atoms with E-state index in [-0.39, 0.29) is 5.91 Å². The van der Waals surface area contributed by atoms with E-state index in [0.717, 1.165) is 76.2 Å². The zero-order valence-corrected chi connectivity index (χ0v) is 18.2. The van der Waals surface area contributed by atoms with Gasteiger partial charge in [0, 0.05) is 38.3 Å². The van der Waals surface area contributed by atoms with Gasteiger partial charge in [-0.05, 0) is 67.4 Å². The van der Waals surface area contributed by atoms with Gasteiger partial charge in [0.25, 0.3) is 0 Å². The maximum Gasteiger partial charge on any atom is 0.228 e. The molecule has 0 radical (unpaired) electrons. The van der Waals surface area contributed by atoms with Crippen LogP contribution in [-0.4, -0.2) is 53.5 Å². The minimum Gasteiger partial charge on any atom is -0.374 e. The van der Waals surface area contributed by atoms with Gasteiger partial charge in [-0.2, -0.15) is 0 Å². The molecule has 5 rings (SSSR count). The van der Waals surface area contributed by atoms with Gasteiger partial charge < -0.3 is 14.9 Å². The first-order valence-corrected chi connectivity index (χ1v) is 11.8. The van der Waals surface area contributed by atoms with Crippen molar-refractivity contribution in [3.8, 4) is 0 Å². The van der Waals surface area contributed by atoms with Crippen LogP contribution >= 0.6 is 0 Å². The molecule has 5 heteroatoms. The molecule has 31 heavy (non-hydrogen) atoms. The van der Waals surface area contributed by atoms with E-state index in [2.05, 4.69) is 40.1 Å². The summed E-state index contributed by atoms with van der Waals surface area (Å²) in [5.41, 5.74) is 4.74. The molecule has 0 aromatic heterocycles. The Labute approximate surface area is 185 Å². The molecule has 1 unspecified atom stereocenters. The predicted molar refractivity (Wildman–Crippen MR) is 123 cm³/mol. The molecule has 2 aromatic carbocycles. The molecule has 3 aliphatic heterocycles. The van der Waals surface area contributed by atoms with Crippen molar-refractivity contribution in [3.63, 3.8) is 0 Å². The van der Waals surface area contributed by atoms with E-state index in [1.807, 2.05) is 23.1 Å². The van der Waals surface area contributed by atoms with Gasteiger partial charge in [0.05, 0.1) is 0 Å². The molecular weight excluding hydrogens is 386 g/mol. The monoisotopic (exact) mass is 419 g/mol. The average molecular weight is 420 g/mol. The molecule has 1 fully saturated rings. The van der Waals surface area contributed by atoms with Gasteiger partial charge in [0.15, 0.2) is 0 Å². The summed E-state index contributed by atoms with van der Waals surface area (Å²) in [5, 5.41) is 10.6. The molecule has 1 atom stereocenters. The van der Waals surface area contributed by atoms with Crippen LogP contribution in [0.4, 0.5) is 5.69 Å². The molecule has 2 aromatic rings. The van der Waals surface area contributed by atoms with Crippen molar-refractivity contribution in [3.05, 3.63) is 65.2 Å². The second-order valence-corrected chi connectivity index (χ2v) is 9.31. The number of rotatable bonds is 5. The zero-order valence-electron chi connectivity index (χ0n) is 18.2. The number of benzene rings is 2. The Morgan fingerprint density at radius 1 is 0.968 bits per heavy atom. The first kappa shape index (κ1) is 20.7. The van der Waals surface area contributed by atoms with Gasteiger partial charge in [0.2, 0.25) is 5.91 Å². The minimum absolute atomic E-state index is 0.257. The third-order valence-electron chi connectivity index (χ3n) is 7.31. The second kappa shape index (κ2) is 9.11. The number of amides is 1. The van der Waals surface area contributed by atoms with Crippen LogP contribution in [0.3, 0.4) is 0 Å². The number of hydrogen-bond acceptors (Lipinski definition) is 4. The van der Waals surface area contributed by atoms with Crippen molar-refractivity contribution in [2.24, 2.45) is 5.92 Å². The third-order valence-corrected chi connectivity index (χ3v) is 7.31. The van der Waals surface area contributed by atoms with Gasteiger partial charge in [0.1, 0.15) is 6.23 Å². The van der Waals surface area contributed by atoms with Crippen molar-refractivity contribution in [1.82, 2.24) is 9.80 Å². The Balaban J connectivity index is 1.08. The summed E-state index contributed by atoms with van der Waals surface area (Å²) in [7, 11) is 0. The van der Waals surface area contributed by atoms with Crippen molar-refractivity contribution >= 4 is 11.6 Å². The fourth-order valence-corrected chi connectivity index (χ4v) is 5.50. The SMILES string of the molecule is O=C(CCN1CCC(CN2Cc3ccccc3C2O)CC1)N1CCCc2ccccc21. The van der Waals surface area contributed by atoms with Crippen LogP contribution in [0.5, 0.6) is 0 Å². The molecule has 0 bridgehead atoms. The fraction of sp³-hybridized carbons (Fsp3) is 0.500. The second-order valence-electron chi connectivity index (χ2n) is 9.31. The molecule has 1 saturated heterocycles. The van der Waals surface area contributed by atoms with E-state index in [0.29, 0.717) is 12.3 Å². The smallest absolute Gasteiger partial charge is 0.228 e. The number of aryl methyl sites for hydroxylation is 1. The fourth-order valence-electron chi connectivity index (χ4n) is 5.50. The molecule has 5 nitrogen and oxygen atoms in total. The average Bonchev–Trinajstić information content (AvgIpc) is 3.13. The van der Waals surface area contributed by atoms with Crippen molar-refractivity contribution in [2.45, 2.75) is 44.9 Å². The van der Waals surface area contributed by atoms with E-state index in [1.54, 1.807) is 0 Å². The molecule has 1 amide bonds. The van der Waals surface area contributed by atoms with E-state index >= 15 is 0 Å². The summed E-state index contributed by atoms with van der Waals surface area (Å²) in [6.45, 7) is 5.59. The normalized spacial score (nSPS) is 22.4. The molecule has 3 aliphatic rings. The molecule has 0 saturated carbocycles. The molecular formula is C26H33N3O2. The maximum absolute atomic E-state index is 12.9. The van der Waals surface area contributed by atoms with E-state index in [1.165, 1.54) is 11.1 Å². The highest BCUT2D eigenvalue weighted by atomic mass is 16.3. The number of anilines is 1. The minimum atomic E-state index is -0.459. The Morgan fingerprint density at radius 3 is 2.52 bits per heavy atom. The lowest BCUT2D eigenvalue weighted by atomic mass is 9.96. The number of aliphatic hydroxyl groups excluding tert-OH is 1. The Morgan fingerprint density at radius 2 is 1.71 bits per heavy atom. The zero-order chi connectivity index (χ0) is 21.2. The van der Waals surface area contributed by atoms with E-state index in [4.69, 9.17) is 0 Å². The Kier molecular flexibility index (Phi) is 6.08. The number of piperidine rings is 1. The summed E-state index contributed by atoms with van der Waals surface area (Å²) in [6.07, 6.45) is 4.55. The summed E-state index contributed by atoms with van der Waals surface area (Å²) in [5.74, 6) is 0.872. The largest absolute Gasteiger partial charge is 0.374 e. The number of para-hydroxylation sites is 1. The van der Waals surface area contributed by atoms with Crippen molar-refractivity contribution < 1.29 is 9.90 Å². The molecule has 3 heterocycles. The van der Waals surface area contributed by atoms with Gasteiger partial charge in [-0.3, -0.25) is 9.69 Å². The molecule has 0 spiro atoms. The van der Waals surface area contributed by atoms with Crippen LogP contribution in [0, 0.1) is 5.92 Å². The summed E-state index contributed by atoms with van der Waals surface area (Å²) in [6, 6.07) is 16.6. The number of nitrogens with zero attached hydrogens (tertiary/aromatic N) is 3. The van der Waals surface area contributed by atoms with Crippen molar-refractivity contribution in [2.75, 3.05) is 37.6 Å². The molecule has 1 N–H and O–H groups in total. The van der Waals surface area contributed by atoms with Crippen LogP contribution in [-0.2, 0) is 17.8 Å². The maximum atomic E-state index is 12.9. The first-order chi connectivity index (χ1) is 15.2. The van der Waals surface area contributed by atoms with Gasteiger partial charge >= 0.3 is 0 Å². The standard InChI is InChI=1S/C26H33N3O2/c30-25(29-14-5-8-21-6-2-4-10-24(21)29)13-17-27-15-11-20(12-16-27)18-28-19-22-7-1-3-9-23(22)26(28)31/h1-4,6-7,9-10,20,26,31H,5,8,11-19H2. The van der Waals surface area contributed by atoms with Gasteiger partial charge in [-0.15, -0.1) is 0 Å². The van der Waals surface area contributed by atoms with Gasteiger partial charge in [-0.1, -0.05) is 42.5 Å². The highest BCUT2D eigenvalue weighted by Crippen LogP contribution is 2.33. The Hall–Kier alpha value is -2.21. The topological polar surface area (TPSA) is 47.0 Å². The summed E-state index contributed by atoms with van der Waals surface area (Å²) in [4.78, 5) is 19.6. The summed E-state index contributed by atoms with van der Waals surface area (Å²) >= 11 is 0. The number of carbonyl (C=O) groups is 1. The predicted octanol–water partition coefficient (Wildman–Crippen LogP) is 3.57. The number of hydrogen-bond donors (Lipinski definition) is 1. The Bertz CT molecular complexity index is 922. The van der Waals surface area contributed by atoms with Crippen LogP contribution in [0.2, 0.25) is 0 Å². The number of carbonyl (C=O) groups excluding carboxylic acids is 1. The van der Waals surface area contributed by atoms with E-state index in [9.17, 15) is 9.90 Å². The lowest BCUT2D eigenvalue weighted by Gasteiger charge is -2.35. The van der Waals surface area contributed by atoms with Crippen molar-refractivity contribution in [1.29, 1.82) is 0 Å². The molecule has 164 valence electrons. The van der Waals surface area contributed by atoms with E-state index < -0.39 is 6.23 Å². The van der Waals surface area contributed by atoms with Crippen LogP contribution < -0.4 is 4.90 Å². The van der Waals surface area contributed by atoms with Gasteiger partial charge in [-0.25, -0.2) is 0 Å². The third kappa shape index (κ3) is 4.40. The lowest BCUT2D eigenvalue weighted by molar-refractivity contribution is -0.119. The first-order valence-electron chi connectivity index (χ1n) is 11.8. The number of fused-ring (bicyclic) bond motifs is 2. The quantitative estimate of drug-likeness (QED) is 0.805. The highest BCUT2D eigenvalue weighted by molar-refractivity contribution is 5.94. The molecule has 0 aliphatic carbocycles. The number of aliphatic hydroxyl groups is 1. The highest BCUT2D eigenvalue weighted by Gasteiger charge is 2.31. The lowest BCUT2D eigenvalue weighted by Crippen LogP contribution is -2.41. The van der Waals surface area contributed by atoms with Crippen LogP contribution in [0.15, 0.2) is 48.5 Å². The van der Waals surface area contributed by atoms with Crippen LogP contribution in [0.1, 0.15) is 48.6 Å². The van der Waals surface area contributed by atoms with Crippen LogP contribution in [0.25, 0.3) is 0 Å².